The minimum Gasteiger partial charge on any atom is -0.393 e. The van der Waals surface area contributed by atoms with Crippen molar-refractivity contribution in [1.82, 2.24) is 0 Å². The van der Waals surface area contributed by atoms with Crippen LogP contribution in [0.15, 0.2) is 34.9 Å². The van der Waals surface area contributed by atoms with E-state index in [1.807, 2.05) is 6.08 Å². The van der Waals surface area contributed by atoms with Gasteiger partial charge in [-0.05, 0) is 90.6 Å². The summed E-state index contributed by atoms with van der Waals surface area (Å²) in [5.41, 5.74) is 2.96. The first-order valence-electron chi connectivity index (χ1n) is 12.5. The molecular formula is C28H42O3. The van der Waals surface area contributed by atoms with Crippen molar-refractivity contribution in [3.8, 4) is 0 Å². The van der Waals surface area contributed by atoms with Crippen LogP contribution in [-0.4, -0.2) is 28.2 Å². The molecule has 0 bridgehead atoms. The summed E-state index contributed by atoms with van der Waals surface area (Å²) in [6.45, 7) is 13.7. The fourth-order valence-electron chi connectivity index (χ4n) is 7.30. The Labute approximate surface area is 188 Å². The van der Waals surface area contributed by atoms with Crippen LogP contribution in [0.5, 0.6) is 0 Å². The number of allylic oxidation sites excluding steroid dienone is 4. The van der Waals surface area contributed by atoms with E-state index >= 15 is 0 Å². The number of aliphatic hydroxyl groups is 2. The van der Waals surface area contributed by atoms with E-state index in [9.17, 15) is 15.0 Å². The van der Waals surface area contributed by atoms with Gasteiger partial charge in [0.2, 0.25) is 0 Å². The first kappa shape index (κ1) is 23.0. The van der Waals surface area contributed by atoms with Gasteiger partial charge in [0.25, 0.3) is 0 Å². The lowest BCUT2D eigenvalue weighted by atomic mass is 9.51. The van der Waals surface area contributed by atoms with E-state index in [4.69, 9.17) is 0 Å². The molecule has 2 fully saturated rings. The number of hydrogen-bond acceptors (Lipinski definition) is 3. The molecule has 0 amide bonds. The highest BCUT2D eigenvalue weighted by Crippen LogP contribution is 2.64. The molecule has 3 heteroatoms. The van der Waals surface area contributed by atoms with Crippen LogP contribution >= 0.6 is 0 Å². The number of carbonyl (C=O) groups excluding carboxylic acids is 1. The molecule has 3 nitrogen and oxygen atoms in total. The predicted molar refractivity (Wildman–Crippen MR) is 125 cm³/mol. The van der Waals surface area contributed by atoms with Crippen molar-refractivity contribution in [3.05, 3.63) is 34.9 Å². The van der Waals surface area contributed by atoms with Crippen LogP contribution < -0.4 is 0 Å². The summed E-state index contributed by atoms with van der Waals surface area (Å²) < 4.78 is 0. The Morgan fingerprint density at radius 2 is 1.71 bits per heavy atom. The van der Waals surface area contributed by atoms with E-state index in [2.05, 4.69) is 53.7 Å². The molecule has 0 aliphatic heterocycles. The van der Waals surface area contributed by atoms with Crippen molar-refractivity contribution in [2.45, 2.75) is 92.3 Å². The van der Waals surface area contributed by atoms with Gasteiger partial charge >= 0.3 is 0 Å². The average Bonchev–Trinajstić information content (AvgIpc) is 2.98. The summed E-state index contributed by atoms with van der Waals surface area (Å²) in [6, 6.07) is 0. The van der Waals surface area contributed by atoms with E-state index in [0.29, 0.717) is 30.1 Å². The molecule has 172 valence electrons. The maximum atomic E-state index is 13.4. The lowest BCUT2D eigenvalue weighted by Crippen LogP contribution is -2.46. The molecule has 4 aliphatic carbocycles. The molecule has 0 aromatic carbocycles. The third-order valence-corrected chi connectivity index (χ3v) is 9.77. The van der Waals surface area contributed by atoms with Crippen LogP contribution in [0, 0.1) is 40.4 Å². The fourth-order valence-corrected chi connectivity index (χ4v) is 7.30. The molecule has 0 heterocycles. The van der Waals surface area contributed by atoms with Gasteiger partial charge in [-0.25, -0.2) is 0 Å². The quantitative estimate of drug-likeness (QED) is 0.573. The van der Waals surface area contributed by atoms with E-state index in [0.717, 1.165) is 48.8 Å². The van der Waals surface area contributed by atoms with Gasteiger partial charge in [-0.15, -0.1) is 0 Å². The number of fused-ring (bicyclic) bond motifs is 4. The SMILES string of the molecule is CC(C)[C@@H](C)/C=C/[C@@H](C)[C@H]1C[C@H](O)C2=C3C(=O)C=C4C[C@@H](O)CC[C@]4(C)[C@H]3CC[C@@]21C. The van der Waals surface area contributed by atoms with Gasteiger partial charge in [0.05, 0.1) is 12.2 Å². The Kier molecular flexibility index (Phi) is 5.92. The van der Waals surface area contributed by atoms with Crippen molar-refractivity contribution in [3.63, 3.8) is 0 Å². The van der Waals surface area contributed by atoms with E-state index in [1.54, 1.807) is 0 Å². The van der Waals surface area contributed by atoms with Crippen LogP contribution in [0.4, 0.5) is 0 Å². The second kappa shape index (κ2) is 7.99. The molecule has 2 N–H and O–H groups in total. The van der Waals surface area contributed by atoms with Gasteiger partial charge in [0, 0.05) is 5.57 Å². The zero-order chi connectivity index (χ0) is 22.7. The maximum absolute atomic E-state index is 13.4. The molecule has 0 radical (unpaired) electrons. The van der Waals surface area contributed by atoms with Gasteiger partial charge in [-0.1, -0.05) is 59.3 Å². The van der Waals surface area contributed by atoms with E-state index in [-0.39, 0.29) is 28.6 Å². The van der Waals surface area contributed by atoms with Crippen LogP contribution in [0.1, 0.15) is 80.1 Å². The van der Waals surface area contributed by atoms with Crippen molar-refractivity contribution in [2.24, 2.45) is 40.4 Å². The Morgan fingerprint density at radius 1 is 1.03 bits per heavy atom. The molecule has 4 rings (SSSR count). The monoisotopic (exact) mass is 426 g/mol. The molecule has 0 aromatic rings. The number of aliphatic hydroxyl groups excluding tert-OH is 2. The van der Waals surface area contributed by atoms with Gasteiger partial charge in [-0.2, -0.15) is 0 Å². The normalized spacial score (nSPS) is 42.4. The standard InChI is InChI=1S/C28H42O3/c1-16(2)17(3)7-8-18(4)22-15-24(31)26-25-21(10-12-28(22,26)6)27(5)11-9-20(29)13-19(27)14-23(25)30/h7-8,14,16-18,20-22,24,29,31H,9-13,15H2,1-6H3/b8-7+/t17-,18+,20-,21-,22+,24-,27-,28+/m0/s1. The summed E-state index contributed by atoms with van der Waals surface area (Å²) in [5.74, 6) is 2.19. The first-order chi connectivity index (χ1) is 14.5. The highest BCUT2D eigenvalue weighted by Gasteiger charge is 2.58. The van der Waals surface area contributed by atoms with Crippen molar-refractivity contribution < 1.29 is 15.0 Å². The second-order valence-electron chi connectivity index (χ2n) is 11.9. The van der Waals surface area contributed by atoms with Crippen molar-refractivity contribution >= 4 is 5.78 Å². The molecule has 0 unspecified atom stereocenters. The number of ketones is 1. The third kappa shape index (κ3) is 3.60. The van der Waals surface area contributed by atoms with Gasteiger partial charge in [-0.3, -0.25) is 4.79 Å². The Hall–Kier alpha value is -1.19. The van der Waals surface area contributed by atoms with Crippen LogP contribution in [0.3, 0.4) is 0 Å². The molecule has 0 saturated heterocycles. The summed E-state index contributed by atoms with van der Waals surface area (Å²) >= 11 is 0. The lowest BCUT2D eigenvalue weighted by Gasteiger charge is -2.52. The topological polar surface area (TPSA) is 57.5 Å². The third-order valence-electron chi connectivity index (χ3n) is 9.77. The van der Waals surface area contributed by atoms with Crippen LogP contribution in [0.25, 0.3) is 0 Å². The minimum absolute atomic E-state index is 0.0488. The maximum Gasteiger partial charge on any atom is 0.182 e. The van der Waals surface area contributed by atoms with Gasteiger partial charge in [0.1, 0.15) is 0 Å². The lowest BCUT2D eigenvalue weighted by molar-refractivity contribution is -0.113. The summed E-state index contributed by atoms with van der Waals surface area (Å²) in [4.78, 5) is 13.4. The summed E-state index contributed by atoms with van der Waals surface area (Å²) in [7, 11) is 0. The largest absolute Gasteiger partial charge is 0.393 e. The molecule has 0 aromatic heterocycles. The summed E-state index contributed by atoms with van der Waals surface area (Å²) in [6.07, 6.45) is 10.8. The molecule has 0 spiro atoms. The predicted octanol–water partition coefficient (Wildman–Crippen LogP) is 5.62. The Bertz CT molecular complexity index is 833. The molecular weight excluding hydrogens is 384 g/mol. The molecule has 8 atom stereocenters. The van der Waals surface area contributed by atoms with Crippen molar-refractivity contribution in [2.75, 3.05) is 0 Å². The molecule has 2 saturated carbocycles. The van der Waals surface area contributed by atoms with Crippen molar-refractivity contribution in [1.29, 1.82) is 0 Å². The highest BCUT2D eigenvalue weighted by atomic mass is 16.3. The fraction of sp³-hybridized carbons (Fsp3) is 0.750. The zero-order valence-electron chi connectivity index (χ0n) is 20.3. The Balaban J connectivity index is 1.71. The second-order valence-corrected chi connectivity index (χ2v) is 11.9. The Morgan fingerprint density at radius 3 is 2.39 bits per heavy atom. The average molecular weight is 427 g/mol. The smallest absolute Gasteiger partial charge is 0.182 e. The van der Waals surface area contributed by atoms with E-state index < -0.39 is 6.10 Å². The van der Waals surface area contributed by atoms with Gasteiger partial charge < -0.3 is 10.2 Å². The van der Waals surface area contributed by atoms with E-state index in [1.165, 1.54) is 0 Å². The minimum atomic E-state index is -0.511. The molecule has 4 aliphatic rings. The first-order valence-corrected chi connectivity index (χ1v) is 12.5. The molecule has 31 heavy (non-hydrogen) atoms. The highest BCUT2D eigenvalue weighted by molar-refractivity contribution is 6.07. The zero-order valence-corrected chi connectivity index (χ0v) is 20.3. The van der Waals surface area contributed by atoms with Gasteiger partial charge in [0.15, 0.2) is 5.78 Å². The number of carbonyl (C=O) groups is 1. The summed E-state index contributed by atoms with van der Waals surface area (Å²) in [5, 5.41) is 21.4. The van der Waals surface area contributed by atoms with Crippen LogP contribution in [0.2, 0.25) is 0 Å². The van der Waals surface area contributed by atoms with Crippen LogP contribution in [-0.2, 0) is 4.79 Å². The number of hydrogen-bond donors (Lipinski definition) is 2. The number of rotatable bonds is 4.